The van der Waals surface area contributed by atoms with Crippen molar-refractivity contribution in [2.24, 2.45) is 0 Å². The van der Waals surface area contributed by atoms with Gasteiger partial charge >= 0.3 is 11.9 Å². The van der Waals surface area contributed by atoms with Crippen LogP contribution < -0.4 is 0 Å². The molecule has 0 amide bonds. The first-order chi connectivity index (χ1) is 12.7. The summed E-state index contributed by atoms with van der Waals surface area (Å²) in [6.07, 6.45) is 10.8. The summed E-state index contributed by atoms with van der Waals surface area (Å²) < 4.78 is 10.7. The van der Waals surface area contributed by atoms with Crippen molar-refractivity contribution in [1.82, 2.24) is 0 Å². The Bertz CT molecular complexity index is 527. The Morgan fingerprint density at radius 3 is 2.04 bits per heavy atom. The minimum absolute atomic E-state index is 0.0385. The molecule has 0 heterocycles. The first-order valence-corrected chi connectivity index (χ1v) is 9.74. The highest BCUT2D eigenvalue weighted by atomic mass is 16.5. The van der Waals surface area contributed by atoms with Crippen molar-refractivity contribution in [1.29, 1.82) is 0 Å². The standard InChI is InChI=1S/C21H32O5/c1-2-3-4-5-6-7-8-11-15-25-16-12-17-26-21(24)19-14-10-9-13-18(19)20(22)23/h9-10,13-14H,2-8,11-12,15-17H2,1H3,(H,22,23). The van der Waals surface area contributed by atoms with E-state index in [0.29, 0.717) is 13.0 Å². The zero-order valence-electron chi connectivity index (χ0n) is 15.9. The molecule has 1 aromatic rings. The zero-order chi connectivity index (χ0) is 19.0. The summed E-state index contributed by atoms with van der Waals surface area (Å²) in [4.78, 5) is 23.0. The van der Waals surface area contributed by atoms with E-state index in [1.54, 1.807) is 12.1 Å². The van der Waals surface area contributed by atoms with Crippen molar-refractivity contribution in [2.45, 2.75) is 64.7 Å². The average Bonchev–Trinajstić information content (AvgIpc) is 2.65. The molecule has 0 saturated heterocycles. The maximum Gasteiger partial charge on any atom is 0.339 e. The maximum absolute atomic E-state index is 11.9. The topological polar surface area (TPSA) is 72.8 Å². The number of benzene rings is 1. The maximum atomic E-state index is 11.9. The van der Waals surface area contributed by atoms with Crippen molar-refractivity contribution < 1.29 is 24.2 Å². The number of ether oxygens (including phenoxy) is 2. The Labute approximate surface area is 156 Å². The van der Waals surface area contributed by atoms with Crippen LogP contribution in [-0.4, -0.2) is 36.9 Å². The molecule has 0 saturated carbocycles. The molecule has 0 aliphatic heterocycles. The summed E-state index contributed by atoms with van der Waals surface area (Å²) in [5.41, 5.74) is 0.0447. The van der Waals surface area contributed by atoms with Crippen molar-refractivity contribution >= 4 is 11.9 Å². The van der Waals surface area contributed by atoms with E-state index in [-0.39, 0.29) is 17.7 Å². The van der Waals surface area contributed by atoms with E-state index in [2.05, 4.69) is 6.92 Å². The van der Waals surface area contributed by atoms with Gasteiger partial charge in [0.05, 0.1) is 17.7 Å². The van der Waals surface area contributed by atoms with Crippen LogP contribution in [0.15, 0.2) is 24.3 Å². The highest BCUT2D eigenvalue weighted by Crippen LogP contribution is 2.11. The molecule has 0 fully saturated rings. The molecule has 5 heteroatoms. The number of carboxylic acid groups (broad SMARTS) is 1. The molecule has 0 radical (unpaired) electrons. The van der Waals surface area contributed by atoms with Gasteiger partial charge in [-0.2, -0.15) is 0 Å². The minimum atomic E-state index is -1.13. The molecule has 146 valence electrons. The largest absolute Gasteiger partial charge is 0.478 e. The van der Waals surface area contributed by atoms with Crippen LogP contribution in [0.3, 0.4) is 0 Å². The van der Waals surface area contributed by atoms with Crippen LogP contribution in [0.25, 0.3) is 0 Å². The molecule has 0 aliphatic carbocycles. The summed E-state index contributed by atoms with van der Waals surface area (Å²) in [6, 6.07) is 6.06. The minimum Gasteiger partial charge on any atom is -0.478 e. The molecular formula is C21H32O5. The van der Waals surface area contributed by atoms with E-state index >= 15 is 0 Å². The van der Waals surface area contributed by atoms with E-state index in [4.69, 9.17) is 14.6 Å². The Kier molecular flexibility index (Phi) is 12.2. The van der Waals surface area contributed by atoms with Crippen LogP contribution in [0.2, 0.25) is 0 Å². The highest BCUT2D eigenvalue weighted by molar-refractivity contribution is 6.02. The predicted octanol–water partition coefficient (Wildman–Crippen LogP) is 5.09. The normalized spacial score (nSPS) is 10.7. The molecule has 1 aromatic carbocycles. The molecule has 0 aliphatic rings. The van der Waals surface area contributed by atoms with E-state index in [9.17, 15) is 9.59 Å². The second-order valence-electron chi connectivity index (χ2n) is 6.43. The van der Waals surface area contributed by atoms with E-state index in [1.807, 2.05) is 0 Å². The quantitative estimate of drug-likeness (QED) is 0.347. The van der Waals surface area contributed by atoms with Crippen LogP contribution in [0, 0.1) is 0 Å². The lowest BCUT2D eigenvalue weighted by Gasteiger charge is -2.08. The summed E-state index contributed by atoms with van der Waals surface area (Å²) in [7, 11) is 0. The van der Waals surface area contributed by atoms with Gasteiger partial charge in [-0.1, -0.05) is 64.0 Å². The van der Waals surface area contributed by atoms with Gasteiger partial charge in [-0.3, -0.25) is 0 Å². The number of carbonyl (C=O) groups excluding carboxylic acids is 1. The third-order valence-electron chi connectivity index (χ3n) is 4.19. The fraction of sp³-hybridized carbons (Fsp3) is 0.619. The van der Waals surface area contributed by atoms with Gasteiger partial charge in [-0.25, -0.2) is 9.59 Å². The summed E-state index contributed by atoms with van der Waals surface area (Å²) >= 11 is 0. The lowest BCUT2D eigenvalue weighted by atomic mass is 10.1. The van der Waals surface area contributed by atoms with Crippen molar-refractivity contribution in [3.05, 3.63) is 35.4 Å². The highest BCUT2D eigenvalue weighted by Gasteiger charge is 2.16. The van der Waals surface area contributed by atoms with Gasteiger partial charge in [0.1, 0.15) is 0 Å². The Morgan fingerprint density at radius 1 is 0.808 bits per heavy atom. The Balaban J connectivity index is 2.01. The molecular weight excluding hydrogens is 332 g/mol. The smallest absolute Gasteiger partial charge is 0.339 e. The second kappa shape index (κ2) is 14.3. The fourth-order valence-corrected chi connectivity index (χ4v) is 2.69. The number of aromatic carboxylic acids is 1. The van der Waals surface area contributed by atoms with Gasteiger partial charge in [0, 0.05) is 19.6 Å². The van der Waals surface area contributed by atoms with Crippen LogP contribution in [0.4, 0.5) is 0 Å². The third kappa shape index (κ3) is 9.56. The average molecular weight is 364 g/mol. The molecule has 0 unspecified atom stereocenters. The predicted molar refractivity (Wildman–Crippen MR) is 102 cm³/mol. The molecule has 0 bridgehead atoms. The molecule has 0 atom stereocenters. The summed E-state index contributed by atoms with van der Waals surface area (Å²) in [5.74, 6) is -1.74. The SMILES string of the molecule is CCCCCCCCCCOCCCOC(=O)c1ccccc1C(=O)O. The van der Waals surface area contributed by atoms with Gasteiger partial charge in [0.15, 0.2) is 0 Å². The monoisotopic (exact) mass is 364 g/mol. The van der Waals surface area contributed by atoms with Gasteiger partial charge in [-0.05, 0) is 18.6 Å². The molecule has 0 aromatic heterocycles. The van der Waals surface area contributed by atoms with Gasteiger partial charge in [0.25, 0.3) is 0 Å². The first kappa shape index (κ1) is 22.2. The fourth-order valence-electron chi connectivity index (χ4n) is 2.69. The second-order valence-corrected chi connectivity index (χ2v) is 6.43. The molecule has 26 heavy (non-hydrogen) atoms. The number of esters is 1. The summed E-state index contributed by atoms with van der Waals surface area (Å²) in [5, 5.41) is 9.07. The summed E-state index contributed by atoms with van der Waals surface area (Å²) in [6.45, 7) is 3.74. The molecule has 5 nitrogen and oxygen atoms in total. The zero-order valence-corrected chi connectivity index (χ0v) is 15.9. The lowest BCUT2D eigenvalue weighted by molar-refractivity contribution is 0.0435. The number of carboxylic acids is 1. The van der Waals surface area contributed by atoms with Gasteiger partial charge in [0.2, 0.25) is 0 Å². The molecule has 0 spiro atoms. The molecule has 1 N–H and O–H groups in total. The van der Waals surface area contributed by atoms with Crippen LogP contribution in [-0.2, 0) is 9.47 Å². The van der Waals surface area contributed by atoms with Crippen molar-refractivity contribution in [2.75, 3.05) is 19.8 Å². The van der Waals surface area contributed by atoms with E-state index in [0.717, 1.165) is 13.0 Å². The Hall–Kier alpha value is -1.88. The van der Waals surface area contributed by atoms with E-state index in [1.165, 1.54) is 57.1 Å². The van der Waals surface area contributed by atoms with Gasteiger partial charge in [-0.15, -0.1) is 0 Å². The number of unbranched alkanes of at least 4 members (excludes halogenated alkanes) is 7. The van der Waals surface area contributed by atoms with Crippen molar-refractivity contribution in [3.8, 4) is 0 Å². The van der Waals surface area contributed by atoms with Gasteiger partial charge < -0.3 is 14.6 Å². The first-order valence-electron chi connectivity index (χ1n) is 9.74. The number of hydrogen-bond acceptors (Lipinski definition) is 4. The lowest BCUT2D eigenvalue weighted by Crippen LogP contribution is -2.13. The third-order valence-corrected chi connectivity index (χ3v) is 4.19. The van der Waals surface area contributed by atoms with Crippen LogP contribution in [0.1, 0.15) is 85.4 Å². The van der Waals surface area contributed by atoms with E-state index < -0.39 is 11.9 Å². The van der Waals surface area contributed by atoms with Crippen molar-refractivity contribution in [3.63, 3.8) is 0 Å². The van der Waals surface area contributed by atoms with Crippen LogP contribution >= 0.6 is 0 Å². The Morgan fingerprint density at radius 2 is 1.38 bits per heavy atom. The van der Waals surface area contributed by atoms with Crippen LogP contribution in [0.5, 0.6) is 0 Å². The number of rotatable bonds is 15. The number of hydrogen-bond donors (Lipinski definition) is 1. The number of carbonyl (C=O) groups is 2. The molecule has 1 rings (SSSR count).